The van der Waals surface area contributed by atoms with E-state index in [1.54, 1.807) is 12.3 Å². The Hall–Kier alpha value is -1.74. The van der Waals surface area contributed by atoms with Crippen LogP contribution in [-0.2, 0) is 6.42 Å². The summed E-state index contributed by atoms with van der Waals surface area (Å²) in [7, 11) is 1.84. The summed E-state index contributed by atoms with van der Waals surface area (Å²) < 4.78 is 13.8. The third-order valence-corrected chi connectivity index (χ3v) is 3.52. The van der Waals surface area contributed by atoms with Crippen LogP contribution in [0.5, 0.6) is 0 Å². The van der Waals surface area contributed by atoms with Gasteiger partial charge in [-0.3, -0.25) is 4.98 Å². The highest BCUT2D eigenvalue weighted by molar-refractivity contribution is 5.35. The van der Waals surface area contributed by atoms with Crippen molar-refractivity contribution in [3.63, 3.8) is 0 Å². The van der Waals surface area contributed by atoms with Gasteiger partial charge in [-0.25, -0.2) is 4.39 Å². The largest absolute Gasteiger partial charge is 0.311 e. The van der Waals surface area contributed by atoms with Crippen LogP contribution in [0.2, 0.25) is 0 Å². The molecule has 1 heterocycles. The monoisotopic (exact) mass is 258 g/mol. The van der Waals surface area contributed by atoms with Crippen LogP contribution in [0.25, 0.3) is 0 Å². The molecule has 0 aliphatic rings. The van der Waals surface area contributed by atoms with Gasteiger partial charge in [0.1, 0.15) is 5.82 Å². The number of nitrogens with zero attached hydrogens (tertiary/aromatic N) is 1. The Kier molecular flexibility index (Phi) is 4.27. The van der Waals surface area contributed by atoms with Crippen molar-refractivity contribution in [1.29, 1.82) is 0 Å². The fourth-order valence-corrected chi connectivity index (χ4v) is 2.36. The molecule has 0 aliphatic carbocycles. The zero-order valence-electron chi connectivity index (χ0n) is 11.6. The van der Waals surface area contributed by atoms with E-state index >= 15 is 0 Å². The zero-order valence-corrected chi connectivity index (χ0v) is 11.6. The number of aromatic nitrogens is 1. The number of hydrogen-bond donors (Lipinski definition) is 1. The zero-order chi connectivity index (χ0) is 13.8. The first-order valence-corrected chi connectivity index (χ1v) is 6.46. The lowest BCUT2D eigenvalue weighted by Crippen LogP contribution is -2.22. The molecule has 2 nitrogen and oxygen atoms in total. The third kappa shape index (κ3) is 2.99. The summed E-state index contributed by atoms with van der Waals surface area (Å²) >= 11 is 0. The molecule has 1 atom stereocenters. The van der Waals surface area contributed by atoms with Gasteiger partial charge in [-0.15, -0.1) is 0 Å². The van der Waals surface area contributed by atoms with Gasteiger partial charge in [-0.05, 0) is 56.1 Å². The van der Waals surface area contributed by atoms with Gasteiger partial charge in [0.2, 0.25) is 0 Å². The van der Waals surface area contributed by atoms with Gasteiger partial charge in [0.25, 0.3) is 0 Å². The third-order valence-electron chi connectivity index (χ3n) is 3.52. The molecular formula is C16H19FN2. The number of hydrogen-bond acceptors (Lipinski definition) is 2. The van der Waals surface area contributed by atoms with Crippen molar-refractivity contribution in [2.24, 2.45) is 0 Å². The Balaban J connectivity index is 2.32. The van der Waals surface area contributed by atoms with Crippen LogP contribution < -0.4 is 5.32 Å². The van der Waals surface area contributed by atoms with Crippen LogP contribution in [-0.4, -0.2) is 12.0 Å². The van der Waals surface area contributed by atoms with Gasteiger partial charge in [-0.2, -0.15) is 0 Å². The maximum absolute atomic E-state index is 13.8. The minimum absolute atomic E-state index is 0.110. The molecule has 2 rings (SSSR count). The first-order chi connectivity index (χ1) is 9.13. The van der Waals surface area contributed by atoms with Crippen LogP contribution in [0.4, 0.5) is 4.39 Å². The summed E-state index contributed by atoms with van der Waals surface area (Å²) in [6.07, 6.45) is 2.37. The molecule has 100 valence electrons. The van der Waals surface area contributed by atoms with E-state index in [9.17, 15) is 4.39 Å². The number of rotatable bonds is 4. The topological polar surface area (TPSA) is 24.9 Å². The highest BCUT2D eigenvalue weighted by Crippen LogP contribution is 2.23. The quantitative estimate of drug-likeness (QED) is 0.909. The molecule has 0 spiro atoms. The number of likely N-dealkylation sites (N-methyl/N-ethyl adjacent to an activating group) is 1. The van der Waals surface area contributed by atoms with Gasteiger partial charge in [0.05, 0.1) is 11.7 Å². The Bertz CT molecular complexity index is 546. The predicted octanol–water partition coefficient (Wildman–Crippen LogP) is 3.34. The van der Waals surface area contributed by atoms with Gasteiger partial charge >= 0.3 is 0 Å². The van der Waals surface area contributed by atoms with Crippen molar-refractivity contribution < 1.29 is 4.39 Å². The molecule has 0 saturated carbocycles. The first kappa shape index (κ1) is 13.7. The highest BCUT2D eigenvalue weighted by atomic mass is 19.1. The molecule has 0 saturated heterocycles. The number of aryl methyl sites for hydroxylation is 2. The summed E-state index contributed by atoms with van der Waals surface area (Å²) in [5, 5.41) is 3.16. The van der Waals surface area contributed by atoms with Crippen molar-refractivity contribution in [3.05, 3.63) is 64.7 Å². The van der Waals surface area contributed by atoms with E-state index in [0.717, 1.165) is 6.42 Å². The second-order valence-electron chi connectivity index (χ2n) is 4.79. The van der Waals surface area contributed by atoms with Gasteiger partial charge in [0, 0.05) is 6.20 Å². The molecule has 1 N–H and O–H groups in total. The van der Waals surface area contributed by atoms with E-state index in [4.69, 9.17) is 0 Å². The standard InChI is InChI=1S/C16H19FN2/c1-11-6-4-7-12(2)13(11)10-15(18-3)16-14(17)8-5-9-19-16/h4-9,15,18H,10H2,1-3H3. The van der Waals surface area contributed by atoms with E-state index in [-0.39, 0.29) is 11.9 Å². The average Bonchev–Trinajstić information content (AvgIpc) is 2.40. The molecule has 0 fully saturated rings. The highest BCUT2D eigenvalue weighted by Gasteiger charge is 2.17. The Morgan fingerprint density at radius 3 is 2.42 bits per heavy atom. The normalized spacial score (nSPS) is 12.4. The van der Waals surface area contributed by atoms with Gasteiger partial charge in [0.15, 0.2) is 0 Å². The molecule has 19 heavy (non-hydrogen) atoms. The number of halogens is 1. The summed E-state index contributed by atoms with van der Waals surface area (Å²) in [5.41, 5.74) is 4.20. The van der Waals surface area contributed by atoms with Crippen LogP contribution in [0.3, 0.4) is 0 Å². The molecule has 0 radical (unpaired) electrons. The van der Waals surface area contributed by atoms with E-state index in [1.807, 2.05) is 13.1 Å². The lowest BCUT2D eigenvalue weighted by molar-refractivity contribution is 0.515. The summed E-state index contributed by atoms with van der Waals surface area (Å²) in [5.74, 6) is -0.256. The van der Waals surface area contributed by atoms with Crippen molar-refractivity contribution in [1.82, 2.24) is 10.3 Å². The molecule has 2 aromatic rings. The van der Waals surface area contributed by atoms with Crippen LogP contribution in [0.1, 0.15) is 28.4 Å². The Morgan fingerprint density at radius 1 is 1.16 bits per heavy atom. The van der Waals surface area contributed by atoms with Crippen LogP contribution in [0, 0.1) is 19.7 Å². The molecular weight excluding hydrogens is 239 g/mol. The maximum Gasteiger partial charge on any atom is 0.146 e. The Morgan fingerprint density at radius 2 is 1.84 bits per heavy atom. The molecule has 1 unspecified atom stereocenters. The predicted molar refractivity (Wildman–Crippen MR) is 75.6 cm³/mol. The minimum Gasteiger partial charge on any atom is -0.311 e. The number of pyridine rings is 1. The smallest absolute Gasteiger partial charge is 0.146 e. The second kappa shape index (κ2) is 5.93. The lowest BCUT2D eigenvalue weighted by Gasteiger charge is -2.19. The van der Waals surface area contributed by atoms with Crippen molar-refractivity contribution in [2.45, 2.75) is 26.3 Å². The number of benzene rings is 1. The molecule has 0 bridgehead atoms. The van der Waals surface area contributed by atoms with E-state index in [1.165, 1.54) is 22.8 Å². The van der Waals surface area contributed by atoms with E-state index < -0.39 is 0 Å². The summed E-state index contributed by atoms with van der Waals surface area (Å²) in [4.78, 5) is 4.17. The first-order valence-electron chi connectivity index (χ1n) is 6.46. The SMILES string of the molecule is CNC(Cc1c(C)cccc1C)c1ncccc1F. The fourth-order valence-electron chi connectivity index (χ4n) is 2.36. The second-order valence-corrected chi connectivity index (χ2v) is 4.79. The molecule has 0 aliphatic heterocycles. The van der Waals surface area contributed by atoms with Crippen LogP contribution >= 0.6 is 0 Å². The maximum atomic E-state index is 13.8. The lowest BCUT2D eigenvalue weighted by atomic mass is 9.95. The summed E-state index contributed by atoms with van der Waals surface area (Å²) in [6.45, 7) is 4.17. The molecule has 3 heteroatoms. The van der Waals surface area contributed by atoms with Crippen molar-refractivity contribution >= 4 is 0 Å². The van der Waals surface area contributed by atoms with Crippen molar-refractivity contribution in [2.75, 3.05) is 7.05 Å². The summed E-state index contributed by atoms with van der Waals surface area (Å²) in [6, 6.07) is 9.18. The minimum atomic E-state index is -0.256. The fraction of sp³-hybridized carbons (Fsp3) is 0.312. The number of nitrogens with one attached hydrogen (secondary N) is 1. The molecule has 1 aromatic heterocycles. The Labute approximate surface area is 113 Å². The van der Waals surface area contributed by atoms with Crippen molar-refractivity contribution in [3.8, 4) is 0 Å². The van der Waals surface area contributed by atoms with Gasteiger partial charge in [-0.1, -0.05) is 18.2 Å². The van der Waals surface area contributed by atoms with Crippen LogP contribution in [0.15, 0.2) is 36.5 Å². The average molecular weight is 258 g/mol. The molecule has 0 amide bonds. The van der Waals surface area contributed by atoms with Gasteiger partial charge < -0.3 is 5.32 Å². The van der Waals surface area contributed by atoms with E-state index in [2.05, 4.69) is 36.3 Å². The molecule has 1 aromatic carbocycles. The van der Waals surface area contributed by atoms with E-state index in [0.29, 0.717) is 5.69 Å².